The van der Waals surface area contributed by atoms with Gasteiger partial charge in [0.2, 0.25) is 0 Å². The molecule has 1 aromatic carbocycles. The van der Waals surface area contributed by atoms with Crippen LogP contribution in [0.5, 0.6) is 0 Å². The second-order valence-corrected chi connectivity index (χ2v) is 5.64. The van der Waals surface area contributed by atoms with Gasteiger partial charge in [-0.25, -0.2) is 9.97 Å². The first-order valence-corrected chi connectivity index (χ1v) is 7.64. The predicted octanol–water partition coefficient (Wildman–Crippen LogP) is 2.65. The van der Waals surface area contributed by atoms with Gasteiger partial charge in [0, 0.05) is 15.5 Å². The molecule has 0 unspecified atom stereocenters. The van der Waals surface area contributed by atoms with Crippen molar-refractivity contribution in [2.24, 2.45) is 5.73 Å². The summed E-state index contributed by atoms with van der Waals surface area (Å²) < 4.78 is 1.09. The summed E-state index contributed by atoms with van der Waals surface area (Å²) in [5, 5.41) is 3.68. The van der Waals surface area contributed by atoms with Crippen LogP contribution in [0.1, 0.15) is 10.4 Å². The third-order valence-corrected chi connectivity index (χ3v) is 3.53. The van der Waals surface area contributed by atoms with Crippen LogP contribution >= 0.6 is 34.4 Å². The van der Waals surface area contributed by atoms with Crippen molar-refractivity contribution in [3.63, 3.8) is 0 Å². The molecule has 3 N–H and O–H groups in total. The van der Waals surface area contributed by atoms with Gasteiger partial charge < -0.3 is 11.1 Å². The monoisotopic (exact) mass is 386 g/mol. The highest BCUT2D eigenvalue weighted by Gasteiger charge is 2.12. The van der Waals surface area contributed by atoms with Crippen LogP contribution in [0.4, 0.5) is 11.5 Å². The highest BCUT2D eigenvalue weighted by Crippen LogP contribution is 2.21. The maximum Gasteiger partial charge on any atom is 0.254 e. The lowest BCUT2D eigenvalue weighted by Crippen LogP contribution is -2.15. The number of rotatable bonds is 4. The van der Waals surface area contributed by atoms with Gasteiger partial charge in [-0.3, -0.25) is 4.79 Å². The number of nitrogens with one attached hydrogen (secondary N) is 1. The van der Waals surface area contributed by atoms with Gasteiger partial charge in [-0.05, 0) is 47.0 Å². The highest BCUT2D eigenvalue weighted by molar-refractivity contribution is 14.1. The Bertz CT molecular complexity index is 620. The van der Waals surface area contributed by atoms with Gasteiger partial charge in [-0.1, -0.05) is 17.8 Å². The third-order valence-electron chi connectivity index (χ3n) is 2.30. The van der Waals surface area contributed by atoms with Crippen LogP contribution in [-0.4, -0.2) is 22.1 Å². The summed E-state index contributed by atoms with van der Waals surface area (Å²) in [7, 11) is 0. The zero-order chi connectivity index (χ0) is 13.8. The van der Waals surface area contributed by atoms with Crippen molar-refractivity contribution < 1.29 is 4.79 Å². The molecule has 1 heterocycles. The largest absolute Gasteiger partial charge is 0.365 e. The Balaban J connectivity index is 2.39. The van der Waals surface area contributed by atoms with Crippen LogP contribution in [0, 0.1) is 3.57 Å². The molecule has 98 valence electrons. The second kappa shape index (κ2) is 6.20. The number of anilines is 2. The third kappa shape index (κ3) is 3.57. The topological polar surface area (TPSA) is 80.9 Å². The molecule has 0 atom stereocenters. The minimum absolute atomic E-state index is 0.275. The fraction of sp³-hybridized carbons (Fsp3) is 0.0833. The molecule has 0 aliphatic carbocycles. The molecule has 0 bridgehead atoms. The molecule has 2 aromatic rings. The summed E-state index contributed by atoms with van der Waals surface area (Å²) in [5.41, 5.74) is 6.44. The van der Waals surface area contributed by atoms with Crippen LogP contribution in [0.2, 0.25) is 0 Å². The maximum atomic E-state index is 11.4. The van der Waals surface area contributed by atoms with Gasteiger partial charge in [0.05, 0.1) is 0 Å². The van der Waals surface area contributed by atoms with E-state index in [1.165, 1.54) is 18.0 Å². The van der Waals surface area contributed by atoms with Gasteiger partial charge in [-0.15, -0.1) is 0 Å². The van der Waals surface area contributed by atoms with Crippen LogP contribution in [-0.2, 0) is 0 Å². The minimum Gasteiger partial charge on any atom is -0.365 e. The molecular formula is C12H11IN4OS. The lowest BCUT2D eigenvalue weighted by atomic mass is 10.2. The van der Waals surface area contributed by atoms with Gasteiger partial charge in [-0.2, -0.15) is 0 Å². The Morgan fingerprint density at radius 2 is 2.26 bits per heavy atom. The standard InChI is InChI=1S/C12H11IN4OS/c1-19-12-15-6-9(10(14)18)11(17-12)16-8-4-2-3-7(13)5-8/h2-6H,1H3,(H2,14,18)(H,15,16,17). The predicted molar refractivity (Wildman–Crippen MR) is 84.8 cm³/mol. The van der Waals surface area contributed by atoms with Crippen molar-refractivity contribution >= 4 is 51.8 Å². The van der Waals surface area contributed by atoms with E-state index in [-0.39, 0.29) is 5.56 Å². The number of carbonyl (C=O) groups excluding carboxylic acids is 1. The normalized spacial score (nSPS) is 10.2. The lowest BCUT2D eigenvalue weighted by molar-refractivity contribution is 0.100. The highest BCUT2D eigenvalue weighted by atomic mass is 127. The van der Waals surface area contributed by atoms with E-state index in [0.717, 1.165) is 9.26 Å². The van der Waals surface area contributed by atoms with Gasteiger partial charge in [0.15, 0.2) is 5.16 Å². The van der Waals surface area contributed by atoms with E-state index >= 15 is 0 Å². The van der Waals surface area contributed by atoms with Gasteiger partial charge >= 0.3 is 0 Å². The summed E-state index contributed by atoms with van der Waals surface area (Å²) in [6.45, 7) is 0. The SMILES string of the molecule is CSc1ncc(C(N)=O)c(Nc2cccc(I)c2)n1. The van der Waals surface area contributed by atoms with Crippen molar-refractivity contribution in [1.29, 1.82) is 0 Å². The quantitative estimate of drug-likeness (QED) is 0.480. The first-order valence-electron chi connectivity index (χ1n) is 5.33. The van der Waals surface area contributed by atoms with Gasteiger partial charge in [0.25, 0.3) is 5.91 Å². The molecular weight excluding hydrogens is 375 g/mol. The average molecular weight is 386 g/mol. The number of aromatic nitrogens is 2. The zero-order valence-corrected chi connectivity index (χ0v) is 13.0. The molecule has 0 saturated heterocycles. The Morgan fingerprint density at radius 3 is 2.89 bits per heavy atom. The van der Waals surface area contributed by atoms with Crippen molar-refractivity contribution in [2.75, 3.05) is 11.6 Å². The zero-order valence-electron chi connectivity index (χ0n) is 10.1. The number of thioether (sulfide) groups is 1. The van der Waals surface area contributed by atoms with Crippen LogP contribution < -0.4 is 11.1 Å². The van der Waals surface area contributed by atoms with E-state index in [2.05, 4.69) is 37.9 Å². The average Bonchev–Trinajstić information content (AvgIpc) is 2.38. The number of hydrogen-bond acceptors (Lipinski definition) is 5. The number of hydrogen-bond donors (Lipinski definition) is 2. The van der Waals surface area contributed by atoms with E-state index in [4.69, 9.17) is 5.73 Å². The lowest BCUT2D eigenvalue weighted by Gasteiger charge is -2.10. The molecule has 0 saturated carbocycles. The molecule has 0 fully saturated rings. The fourth-order valence-corrected chi connectivity index (χ4v) is 2.33. The Labute approximate surface area is 128 Å². The first-order chi connectivity index (χ1) is 9.10. The molecule has 0 aliphatic rings. The second-order valence-electron chi connectivity index (χ2n) is 3.62. The Kier molecular flexibility index (Phi) is 4.59. The van der Waals surface area contributed by atoms with Gasteiger partial charge in [0.1, 0.15) is 11.4 Å². The van der Waals surface area contributed by atoms with Crippen molar-refractivity contribution in [2.45, 2.75) is 5.16 Å². The molecule has 7 heteroatoms. The molecule has 5 nitrogen and oxygen atoms in total. The number of nitrogens with zero attached hydrogens (tertiary/aromatic N) is 2. The number of primary amides is 1. The summed E-state index contributed by atoms with van der Waals surface area (Å²) in [5.74, 6) is -0.130. The number of amides is 1. The Hall–Kier alpha value is -1.35. The number of benzene rings is 1. The summed E-state index contributed by atoms with van der Waals surface area (Å²) >= 11 is 3.62. The van der Waals surface area contributed by atoms with E-state index < -0.39 is 5.91 Å². The molecule has 2 rings (SSSR count). The molecule has 1 amide bonds. The summed E-state index contributed by atoms with van der Waals surface area (Å²) in [6, 6.07) is 7.75. The van der Waals surface area contributed by atoms with E-state index in [0.29, 0.717) is 11.0 Å². The molecule has 0 aliphatic heterocycles. The number of halogens is 1. The number of nitrogens with two attached hydrogens (primary N) is 1. The van der Waals surface area contributed by atoms with Crippen molar-refractivity contribution in [3.05, 3.63) is 39.6 Å². The maximum absolute atomic E-state index is 11.4. The summed E-state index contributed by atoms with van der Waals surface area (Å²) in [6.07, 6.45) is 3.31. The van der Waals surface area contributed by atoms with E-state index in [9.17, 15) is 4.79 Å². The molecule has 0 spiro atoms. The van der Waals surface area contributed by atoms with Crippen molar-refractivity contribution in [3.8, 4) is 0 Å². The summed E-state index contributed by atoms with van der Waals surface area (Å²) in [4.78, 5) is 19.7. The fourth-order valence-electron chi connectivity index (χ4n) is 1.44. The van der Waals surface area contributed by atoms with Crippen LogP contribution in [0.15, 0.2) is 35.6 Å². The molecule has 19 heavy (non-hydrogen) atoms. The Morgan fingerprint density at radius 1 is 1.47 bits per heavy atom. The van der Waals surface area contributed by atoms with Crippen LogP contribution in [0.25, 0.3) is 0 Å². The van der Waals surface area contributed by atoms with E-state index in [1.54, 1.807) is 0 Å². The molecule has 1 aromatic heterocycles. The smallest absolute Gasteiger partial charge is 0.254 e. The first kappa shape index (κ1) is 14.1. The van der Waals surface area contributed by atoms with E-state index in [1.807, 2.05) is 30.5 Å². The van der Waals surface area contributed by atoms with Crippen LogP contribution in [0.3, 0.4) is 0 Å². The number of carbonyl (C=O) groups is 1. The minimum atomic E-state index is -0.555. The molecule has 0 radical (unpaired) electrons. The van der Waals surface area contributed by atoms with Crippen molar-refractivity contribution in [1.82, 2.24) is 9.97 Å².